The smallest absolute Gasteiger partial charge is 0.387 e. The van der Waals surface area contributed by atoms with Crippen molar-refractivity contribution in [2.75, 3.05) is 27.3 Å². The first-order chi connectivity index (χ1) is 14.1. The van der Waals surface area contributed by atoms with Gasteiger partial charge in [-0.15, -0.1) is 24.0 Å². The minimum Gasteiger partial charge on any atom is -0.497 e. The third-order valence-electron chi connectivity index (χ3n) is 4.03. The lowest BCUT2D eigenvalue weighted by atomic mass is 10.2. The average Bonchev–Trinajstić information content (AvgIpc) is 2.74. The first-order valence-corrected chi connectivity index (χ1v) is 9.36. The maximum atomic E-state index is 12.6. The van der Waals surface area contributed by atoms with Gasteiger partial charge >= 0.3 is 6.61 Å². The summed E-state index contributed by atoms with van der Waals surface area (Å²) in [6.07, 6.45) is 1.79. The van der Waals surface area contributed by atoms with Crippen LogP contribution in [0.15, 0.2) is 53.5 Å². The summed E-state index contributed by atoms with van der Waals surface area (Å²) in [5.74, 6) is 2.09. The van der Waals surface area contributed by atoms with Gasteiger partial charge in [-0.2, -0.15) is 8.78 Å². The van der Waals surface area contributed by atoms with Gasteiger partial charge in [0.15, 0.2) is 5.96 Å². The van der Waals surface area contributed by atoms with E-state index in [0.29, 0.717) is 30.4 Å². The third kappa shape index (κ3) is 9.47. The molecule has 0 aromatic heterocycles. The lowest BCUT2D eigenvalue weighted by molar-refractivity contribution is -0.0504. The fourth-order valence-corrected chi connectivity index (χ4v) is 2.57. The van der Waals surface area contributed by atoms with E-state index in [1.54, 1.807) is 19.2 Å². The van der Waals surface area contributed by atoms with Crippen LogP contribution < -0.4 is 24.8 Å². The number of ether oxygens (including phenoxy) is 3. The highest BCUT2D eigenvalue weighted by atomic mass is 127. The number of rotatable bonds is 11. The van der Waals surface area contributed by atoms with Gasteiger partial charge in [-0.1, -0.05) is 18.2 Å². The van der Waals surface area contributed by atoms with E-state index in [4.69, 9.17) is 9.47 Å². The summed E-state index contributed by atoms with van der Waals surface area (Å²) in [7, 11) is 3.16. The van der Waals surface area contributed by atoms with Crippen molar-refractivity contribution in [2.45, 2.75) is 26.0 Å². The Morgan fingerprint density at radius 3 is 2.47 bits per heavy atom. The van der Waals surface area contributed by atoms with Crippen molar-refractivity contribution in [3.63, 3.8) is 0 Å². The van der Waals surface area contributed by atoms with Crippen LogP contribution in [-0.4, -0.2) is 39.9 Å². The Labute approximate surface area is 193 Å². The number of unbranched alkanes of at least 4 members (excludes halogenated alkanes) is 1. The Morgan fingerprint density at radius 2 is 1.80 bits per heavy atom. The SMILES string of the molecule is CN=C(NCCCCOc1ccccc1)NCc1cc(OC)ccc1OC(F)F.I. The molecule has 2 aromatic carbocycles. The summed E-state index contributed by atoms with van der Waals surface area (Å²) in [6, 6.07) is 14.4. The number of nitrogens with zero attached hydrogens (tertiary/aromatic N) is 1. The van der Waals surface area contributed by atoms with E-state index in [0.717, 1.165) is 18.6 Å². The molecule has 6 nitrogen and oxygen atoms in total. The molecule has 0 fully saturated rings. The zero-order chi connectivity index (χ0) is 20.9. The standard InChI is InChI=1S/C21H27F2N3O3.HI/c1-24-21(25-12-6-7-13-28-17-8-4-3-5-9-17)26-15-16-14-18(27-2)10-11-19(16)29-20(22)23;/h3-5,8-11,14,20H,6-7,12-13,15H2,1-2H3,(H2,24,25,26);1H. The fraction of sp³-hybridized carbons (Fsp3) is 0.381. The number of benzene rings is 2. The van der Waals surface area contributed by atoms with Crippen LogP contribution in [0, 0.1) is 0 Å². The molecule has 2 N–H and O–H groups in total. The predicted molar refractivity (Wildman–Crippen MR) is 124 cm³/mol. The van der Waals surface area contributed by atoms with E-state index in [-0.39, 0.29) is 36.3 Å². The molecule has 0 heterocycles. The van der Waals surface area contributed by atoms with Gasteiger partial charge in [-0.05, 0) is 43.2 Å². The largest absolute Gasteiger partial charge is 0.497 e. The maximum Gasteiger partial charge on any atom is 0.387 e. The van der Waals surface area contributed by atoms with E-state index in [1.807, 2.05) is 30.3 Å². The van der Waals surface area contributed by atoms with Crippen LogP contribution >= 0.6 is 24.0 Å². The minimum atomic E-state index is -2.89. The molecule has 166 valence electrons. The zero-order valence-electron chi connectivity index (χ0n) is 17.1. The second-order valence-corrected chi connectivity index (χ2v) is 6.07. The van der Waals surface area contributed by atoms with Crippen molar-refractivity contribution in [2.24, 2.45) is 4.99 Å². The molecule has 0 aliphatic rings. The Morgan fingerprint density at radius 1 is 1.03 bits per heavy atom. The van der Waals surface area contributed by atoms with Gasteiger partial charge in [0.1, 0.15) is 17.2 Å². The minimum absolute atomic E-state index is 0. The molecular formula is C21H28F2IN3O3. The Kier molecular flexibility index (Phi) is 12.6. The molecular weight excluding hydrogens is 507 g/mol. The molecule has 0 radical (unpaired) electrons. The van der Waals surface area contributed by atoms with E-state index >= 15 is 0 Å². The number of guanidine groups is 1. The van der Waals surface area contributed by atoms with E-state index in [1.165, 1.54) is 13.2 Å². The summed E-state index contributed by atoms with van der Waals surface area (Å²) in [5.41, 5.74) is 0.545. The van der Waals surface area contributed by atoms with Crippen LogP contribution in [0.3, 0.4) is 0 Å². The molecule has 0 aliphatic heterocycles. The zero-order valence-corrected chi connectivity index (χ0v) is 19.4. The normalized spacial score (nSPS) is 10.9. The van der Waals surface area contributed by atoms with Crippen molar-refractivity contribution in [1.29, 1.82) is 0 Å². The summed E-state index contributed by atoms with van der Waals surface area (Å²) in [6.45, 7) is -1.29. The topological polar surface area (TPSA) is 64.1 Å². The molecule has 9 heteroatoms. The van der Waals surface area contributed by atoms with Gasteiger partial charge in [0, 0.05) is 25.7 Å². The first kappa shape index (κ1) is 25.7. The van der Waals surface area contributed by atoms with E-state index < -0.39 is 6.61 Å². The van der Waals surface area contributed by atoms with Gasteiger partial charge in [0.25, 0.3) is 0 Å². The number of hydrogen-bond acceptors (Lipinski definition) is 4. The van der Waals surface area contributed by atoms with Crippen molar-refractivity contribution in [3.05, 3.63) is 54.1 Å². The summed E-state index contributed by atoms with van der Waals surface area (Å²) < 4.78 is 40.6. The van der Waals surface area contributed by atoms with Crippen LogP contribution in [0.2, 0.25) is 0 Å². The molecule has 2 rings (SSSR count). The number of para-hydroxylation sites is 1. The van der Waals surface area contributed by atoms with Gasteiger partial charge in [0.2, 0.25) is 0 Å². The molecule has 0 aliphatic carbocycles. The van der Waals surface area contributed by atoms with Gasteiger partial charge in [-0.25, -0.2) is 0 Å². The lowest BCUT2D eigenvalue weighted by Gasteiger charge is -2.15. The molecule has 30 heavy (non-hydrogen) atoms. The number of alkyl halides is 2. The van der Waals surface area contributed by atoms with E-state index in [9.17, 15) is 8.78 Å². The second-order valence-electron chi connectivity index (χ2n) is 6.07. The summed E-state index contributed by atoms with van der Waals surface area (Å²) in [4.78, 5) is 4.14. The Hall–Kier alpha value is -2.30. The van der Waals surface area contributed by atoms with E-state index in [2.05, 4.69) is 20.4 Å². The molecule has 0 saturated heterocycles. The first-order valence-electron chi connectivity index (χ1n) is 9.36. The molecule has 0 bridgehead atoms. The van der Waals surface area contributed by atoms with Crippen molar-refractivity contribution >= 4 is 29.9 Å². The van der Waals surface area contributed by atoms with Crippen molar-refractivity contribution < 1.29 is 23.0 Å². The van der Waals surface area contributed by atoms with Crippen LogP contribution in [0.5, 0.6) is 17.2 Å². The Bertz CT molecular complexity index is 764. The quantitative estimate of drug-likeness (QED) is 0.193. The van der Waals surface area contributed by atoms with Crippen molar-refractivity contribution in [3.8, 4) is 17.2 Å². The Balaban J connectivity index is 0.00000450. The van der Waals surface area contributed by atoms with Crippen LogP contribution in [0.4, 0.5) is 8.78 Å². The maximum absolute atomic E-state index is 12.6. The molecule has 0 unspecified atom stereocenters. The molecule has 2 aromatic rings. The van der Waals surface area contributed by atoms with Gasteiger partial charge in [0.05, 0.1) is 13.7 Å². The van der Waals surface area contributed by atoms with Crippen LogP contribution in [-0.2, 0) is 6.54 Å². The van der Waals surface area contributed by atoms with Crippen LogP contribution in [0.1, 0.15) is 18.4 Å². The summed E-state index contributed by atoms with van der Waals surface area (Å²) >= 11 is 0. The highest BCUT2D eigenvalue weighted by Gasteiger charge is 2.11. The molecule has 0 atom stereocenters. The molecule has 0 spiro atoms. The van der Waals surface area contributed by atoms with Crippen LogP contribution in [0.25, 0.3) is 0 Å². The fourth-order valence-electron chi connectivity index (χ4n) is 2.57. The molecule has 0 amide bonds. The highest BCUT2D eigenvalue weighted by molar-refractivity contribution is 14.0. The number of hydrogen-bond donors (Lipinski definition) is 2. The lowest BCUT2D eigenvalue weighted by Crippen LogP contribution is -2.37. The third-order valence-corrected chi connectivity index (χ3v) is 4.03. The predicted octanol–water partition coefficient (Wildman–Crippen LogP) is 4.44. The summed E-state index contributed by atoms with van der Waals surface area (Å²) in [5, 5.41) is 6.28. The number of nitrogens with one attached hydrogen (secondary N) is 2. The number of methoxy groups -OCH3 is 1. The second kappa shape index (κ2) is 14.6. The number of halogens is 3. The monoisotopic (exact) mass is 535 g/mol. The average molecular weight is 535 g/mol. The molecule has 0 saturated carbocycles. The van der Waals surface area contributed by atoms with Gasteiger partial charge in [-0.3, -0.25) is 4.99 Å². The van der Waals surface area contributed by atoms with Crippen molar-refractivity contribution in [1.82, 2.24) is 10.6 Å². The van der Waals surface area contributed by atoms with Gasteiger partial charge < -0.3 is 24.8 Å². The number of aliphatic imine (C=N–C) groups is 1. The highest BCUT2D eigenvalue weighted by Crippen LogP contribution is 2.25.